The van der Waals surface area contributed by atoms with Crippen LogP contribution < -0.4 is 11.5 Å². The molecule has 27 heavy (non-hydrogen) atoms. The maximum Gasteiger partial charge on any atom is 0.221 e. The Bertz CT molecular complexity index is 1080. The van der Waals surface area contributed by atoms with E-state index in [0.717, 1.165) is 32.9 Å². The molecule has 0 aliphatic rings. The fraction of sp³-hybridized carbons (Fsp3) is 0.143. The molecule has 0 atom stereocenters. The molecule has 0 bridgehead atoms. The van der Waals surface area contributed by atoms with Crippen LogP contribution in [0.25, 0.3) is 21.8 Å². The smallest absolute Gasteiger partial charge is 0.221 e. The molecular weight excluding hydrogens is 340 g/mol. The Morgan fingerprint density at radius 2 is 1.11 bits per heavy atom. The second kappa shape index (κ2) is 6.64. The molecule has 6 nitrogen and oxygen atoms in total. The van der Waals surface area contributed by atoms with Crippen molar-refractivity contribution in [1.82, 2.24) is 9.13 Å². The van der Waals surface area contributed by atoms with E-state index in [9.17, 15) is 9.59 Å². The molecule has 136 valence electrons. The minimum absolute atomic E-state index is 0.201. The maximum atomic E-state index is 11.4. The highest BCUT2D eigenvalue weighted by atomic mass is 16.1. The van der Waals surface area contributed by atoms with Gasteiger partial charge < -0.3 is 20.6 Å². The van der Waals surface area contributed by atoms with Crippen molar-refractivity contribution < 1.29 is 9.59 Å². The van der Waals surface area contributed by atoms with Crippen molar-refractivity contribution in [1.29, 1.82) is 0 Å². The van der Waals surface area contributed by atoms with Gasteiger partial charge in [-0.3, -0.25) is 9.59 Å². The highest BCUT2D eigenvalue weighted by Gasteiger charge is 2.13. The van der Waals surface area contributed by atoms with E-state index in [0.29, 0.717) is 6.67 Å². The van der Waals surface area contributed by atoms with Crippen molar-refractivity contribution in [2.24, 2.45) is 11.5 Å². The Balaban J connectivity index is 1.81. The number of rotatable bonds is 6. The summed E-state index contributed by atoms with van der Waals surface area (Å²) in [5.74, 6) is -0.707. The van der Waals surface area contributed by atoms with Gasteiger partial charge >= 0.3 is 0 Å². The van der Waals surface area contributed by atoms with Crippen molar-refractivity contribution in [3.63, 3.8) is 0 Å². The van der Waals surface area contributed by atoms with Crippen LogP contribution in [-0.4, -0.2) is 20.9 Å². The third-order valence-corrected chi connectivity index (χ3v) is 4.78. The number of carbonyl (C=O) groups excluding carboxylic acids is 2. The van der Waals surface area contributed by atoms with E-state index in [2.05, 4.69) is 9.13 Å². The number of aromatic nitrogens is 2. The lowest BCUT2D eigenvalue weighted by molar-refractivity contribution is -0.118. The van der Waals surface area contributed by atoms with Crippen LogP contribution in [0.4, 0.5) is 0 Å². The molecule has 4 N–H and O–H groups in total. The molecule has 0 saturated heterocycles. The number of amides is 2. The Morgan fingerprint density at radius 3 is 1.52 bits per heavy atom. The van der Waals surface area contributed by atoms with Gasteiger partial charge in [0, 0.05) is 34.2 Å². The van der Waals surface area contributed by atoms with Crippen LogP contribution in [0, 0.1) is 0 Å². The van der Waals surface area contributed by atoms with E-state index >= 15 is 0 Å². The largest absolute Gasteiger partial charge is 0.369 e. The van der Waals surface area contributed by atoms with Gasteiger partial charge in [-0.05, 0) is 23.3 Å². The van der Waals surface area contributed by atoms with Gasteiger partial charge in [0.25, 0.3) is 0 Å². The Hall–Kier alpha value is -3.54. The first kappa shape index (κ1) is 16.9. The molecule has 2 aromatic heterocycles. The average molecular weight is 360 g/mol. The summed E-state index contributed by atoms with van der Waals surface area (Å²) in [4.78, 5) is 22.8. The van der Waals surface area contributed by atoms with E-state index in [1.54, 1.807) is 0 Å². The van der Waals surface area contributed by atoms with Crippen LogP contribution >= 0.6 is 0 Å². The molecule has 0 fully saturated rings. The number of benzene rings is 2. The first-order valence-corrected chi connectivity index (χ1v) is 8.73. The first-order chi connectivity index (χ1) is 13.0. The van der Waals surface area contributed by atoms with E-state index in [1.165, 1.54) is 0 Å². The van der Waals surface area contributed by atoms with E-state index < -0.39 is 0 Å². The summed E-state index contributed by atoms with van der Waals surface area (Å²) < 4.78 is 4.18. The van der Waals surface area contributed by atoms with Crippen molar-refractivity contribution in [2.75, 3.05) is 0 Å². The molecule has 0 aliphatic carbocycles. The molecule has 0 radical (unpaired) electrons. The molecule has 0 unspecified atom stereocenters. The third-order valence-electron chi connectivity index (χ3n) is 4.78. The predicted octanol–water partition coefficient (Wildman–Crippen LogP) is 2.16. The number of carbonyl (C=O) groups is 2. The summed E-state index contributed by atoms with van der Waals surface area (Å²) in [6, 6.07) is 15.9. The monoisotopic (exact) mass is 360 g/mol. The van der Waals surface area contributed by atoms with E-state index in [-0.39, 0.29) is 24.7 Å². The standard InChI is InChI=1S/C21H20N4O2/c22-20(26)9-14-11-24(18-7-3-1-5-16(14)18)13-25-12-15(10-21(23)27)17-6-2-4-8-19(17)25/h1-8,11-12H,9-10,13H2,(H2,22,26)(H2,23,27). The zero-order chi connectivity index (χ0) is 19.0. The van der Waals surface area contributed by atoms with Crippen molar-refractivity contribution in [3.8, 4) is 0 Å². The lowest BCUT2D eigenvalue weighted by atomic mass is 10.1. The minimum atomic E-state index is -0.354. The van der Waals surface area contributed by atoms with Crippen molar-refractivity contribution >= 4 is 33.6 Å². The van der Waals surface area contributed by atoms with E-state index in [4.69, 9.17) is 11.5 Å². The fourth-order valence-electron chi connectivity index (χ4n) is 3.70. The molecule has 4 aromatic rings. The van der Waals surface area contributed by atoms with Crippen molar-refractivity contribution in [2.45, 2.75) is 19.5 Å². The molecule has 2 aromatic carbocycles. The van der Waals surface area contributed by atoms with Crippen LogP contribution in [0.15, 0.2) is 60.9 Å². The third kappa shape index (κ3) is 3.17. The lowest BCUT2D eigenvalue weighted by Crippen LogP contribution is -2.13. The summed E-state index contributed by atoms with van der Waals surface area (Å²) in [7, 11) is 0. The van der Waals surface area contributed by atoms with Crippen LogP contribution in [0.2, 0.25) is 0 Å². The highest BCUT2D eigenvalue weighted by Crippen LogP contribution is 2.25. The van der Waals surface area contributed by atoms with Crippen LogP contribution in [0.5, 0.6) is 0 Å². The van der Waals surface area contributed by atoms with Crippen molar-refractivity contribution in [3.05, 3.63) is 72.1 Å². The molecule has 2 heterocycles. The lowest BCUT2D eigenvalue weighted by Gasteiger charge is -2.08. The quantitative estimate of drug-likeness (QED) is 0.551. The minimum Gasteiger partial charge on any atom is -0.369 e. The van der Waals surface area contributed by atoms with Gasteiger partial charge in [-0.15, -0.1) is 0 Å². The highest BCUT2D eigenvalue weighted by molar-refractivity contribution is 5.90. The number of hydrogen-bond donors (Lipinski definition) is 2. The van der Waals surface area contributed by atoms with Crippen LogP contribution in [0.1, 0.15) is 11.1 Å². The number of nitrogens with two attached hydrogens (primary N) is 2. The number of para-hydroxylation sites is 2. The zero-order valence-corrected chi connectivity index (χ0v) is 14.8. The Kier molecular flexibility index (Phi) is 4.16. The number of primary amides is 2. The molecule has 0 spiro atoms. The summed E-state index contributed by atoms with van der Waals surface area (Å²) >= 11 is 0. The summed E-state index contributed by atoms with van der Waals surface area (Å²) in [5.41, 5.74) is 14.7. The molecule has 2 amide bonds. The summed E-state index contributed by atoms with van der Waals surface area (Å²) in [5, 5.41) is 2.04. The van der Waals surface area contributed by atoms with Crippen LogP contribution in [0.3, 0.4) is 0 Å². The predicted molar refractivity (Wildman–Crippen MR) is 105 cm³/mol. The van der Waals surface area contributed by atoms with Crippen LogP contribution in [-0.2, 0) is 29.1 Å². The van der Waals surface area contributed by atoms with Gasteiger partial charge in [0.1, 0.15) is 0 Å². The molecule has 0 saturated carbocycles. The number of nitrogens with zero attached hydrogens (tertiary/aromatic N) is 2. The fourth-order valence-corrected chi connectivity index (χ4v) is 3.70. The Labute approximate surface area is 156 Å². The molecule has 0 aliphatic heterocycles. The second-order valence-electron chi connectivity index (χ2n) is 6.71. The molecule has 4 rings (SSSR count). The first-order valence-electron chi connectivity index (χ1n) is 8.73. The van der Waals surface area contributed by atoms with Gasteiger partial charge in [-0.1, -0.05) is 36.4 Å². The summed E-state index contributed by atoms with van der Waals surface area (Å²) in [6.07, 6.45) is 4.34. The van der Waals surface area contributed by atoms with Gasteiger partial charge in [-0.25, -0.2) is 0 Å². The zero-order valence-electron chi connectivity index (χ0n) is 14.8. The maximum absolute atomic E-state index is 11.4. The normalized spacial score (nSPS) is 11.3. The van der Waals surface area contributed by atoms with Gasteiger partial charge in [0.15, 0.2) is 0 Å². The number of hydrogen-bond acceptors (Lipinski definition) is 2. The van der Waals surface area contributed by atoms with Gasteiger partial charge in [-0.2, -0.15) is 0 Å². The second-order valence-corrected chi connectivity index (χ2v) is 6.71. The average Bonchev–Trinajstić information content (AvgIpc) is 3.14. The molecule has 6 heteroatoms. The SMILES string of the molecule is NC(=O)Cc1cn(Cn2cc(CC(N)=O)c3ccccc32)c2ccccc12. The summed E-state index contributed by atoms with van der Waals surface area (Å²) in [6.45, 7) is 0.554. The Morgan fingerprint density at radius 1 is 0.704 bits per heavy atom. The van der Waals surface area contributed by atoms with E-state index in [1.807, 2.05) is 60.9 Å². The number of fused-ring (bicyclic) bond motifs is 2. The van der Waals surface area contributed by atoms with Gasteiger partial charge in [0.2, 0.25) is 11.8 Å². The van der Waals surface area contributed by atoms with Gasteiger partial charge in [0.05, 0.1) is 19.5 Å². The molecular formula is C21H20N4O2. The topological polar surface area (TPSA) is 96.0 Å².